The van der Waals surface area contributed by atoms with Gasteiger partial charge in [0.1, 0.15) is 11.4 Å². The summed E-state index contributed by atoms with van der Waals surface area (Å²) in [7, 11) is 0. The van der Waals surface area contributed by atoms with Crippen LogP contribution in [0.4, 0.5) is 0 Å². The van der Waals surface area contributed by atoms with E-state index in [9.17, 15) is 4.79 Å². The monoisotopic (exact) mass is 399 g/mol. The summed E-state index contributed by atoms with van der Waals surface area (Å²) >= 11 is 0. The Morgan fingerprint density at radius 3 is 2.52 bits per heavy atom. The van der Waals surface area contributed by atoms with E-state index in [-0.39, 0.29) is 11.5 Å². The zero-order chi connectivity index (χ0) is 19.7. The molecular formula is C23H33N3O3. The van der Waals surface area contributed by atoms with Gasteiger partial charge in [-0.25, -0.2) is 0 Å². The number of nitrogens with zero attached hydrogens (tertiary/aromatic N) is 2. The van der Waals surface area contributed by atoms with E-state index >= 15 is 0 Å². The van der Waals surface area contributed by atoms with Crippen LogP contribution in [-0.4, -0.2) is 79.8 Å². The van der Waals surface area contributed by atoms with Crippen molar-refractivity contribution in [2.24, 2.45) is 0 Å². The highest BCUT2D eigenvalue weighted by molar-refractivity contribution is 5.85. The van der Waals surface area contributed by atoms with Gasteiger partial charge in [-0.1, -0.05) is 18.2 Å². The topological polar surface area (TPSA) is 54.0 Å². The van der Waals surface area contributed by atoms with E-state index in [0.29, 0.717) is 11.9 Å². The first kappa shape index (κ1) is 19.3. The number of carbonyl (C=O) groups excluding carboxylic acids is 1. The molecule has 4 heterocycles. The number of piperidine rings is 2. The molecule has 1 unspecified atom stereocenters. The molecule has 6 nitrogen and oxygen atoms in total. The van der Waals surface area contributed by atoms with Gasteiger partial charge in [0.2, 0.25) is 5.91 Å². The number of morpholine rings is 1. The number of carbonyl (C=O) groups is 1. The zero-order valence-corrected chi connectivity index (χ0v) is 17.3. The molecule has 3 saturated heterocycles. The minimum atomic E-state index is -0.188. The predicted molar refractivity (Wildman–Crippen MR) is 111 cm³/mol. The third-order valence-corrected chi connectivity index (χ3v) is 7.35. The van der Waals surface area contributed by atoms with Crippen molar-refractivity contribution in [3.05, 3.63) is 29.8 Å². The molecule has 0 aliphatic carbocycles. The van der Waals surface area contributed by atoms with Crippen molar-refractivity contribution in [2.45, 2.75) is 49.7 Å². The van der Waals surface area contributed by atoms with Crippen LogP contribution in [0.25, 0.3) is 0 Å². The van der Waals surface area contributed by atoms with E-state index in [1.165, 1.54) is 0 Å². The number of benzene rings is 1. The van der Waals surface area contributed by atoms with Crippen molar-refractivity contribution >= 4 is 5.91 Å². The van der Waals surface area contributed by atoms with Crippen LogP contribution in [0.15, 0.2) is 24.3 Å². The Morgan fingerprint density at radius 2 is 1.76 bits per heavy atom. The number of likely N-dealkylation sites (tertiary alicyclic amines) is 1. The maximum Gasteiger partial charge on any atom is 0.230 e. The molecule has 1 aromatic rings. The van der Waals surface area contributed by atoms with E-state index in [2.05, 4.69) is 21.2 Å². The number of rotatable bonds is 2. The molecule has 6 heteroatoms. The van der Waals surface area contributed by atoms with Crippen LogP contribution in [-0.2, 0) is 9.53 Å². The molecule has 5 rings (SSSR count). The van der Waals surface area contributed by atoms with Gasteiger partial charge >= 0.3 is 0 Å². The zero-order valence-electron chi connectivity index (χ0n) is 17.3. The summed E-state index contributed by atoms with van der Waals surface area (Å²) in [6.07, 6.45) is 4.92. The van der Waals surface area contributed by atoms with Gasteiger partial charge in [0.05, 0.1) is 19.1 Å². The maximum absolute atomic E-state index is 13.6. The predicted octanol–water partition coefficient (Wildman–Crippen LogP) is 2.00. The molecule has 0 radical (unpaired) electrons. The van der Waals surface area contributed by atoms with Crippen molar-refractivity contribution in [3.8, 4) is 5.75 Å². The molecule has 0 saturated carbocycles. The van der Waals surface area contributed by atoms with Crippen molar-refractivity contribution in [1.82, 2.24) is 15.1 Å². The van der Waals surface area contributed by atoms with Crippen LogP contribution in [0, 0.1) is 0 Å². The van der Waals surface area contributed by atoms with E-state index in [1.54, 1.807) is 0 Å². The number of ether oxygens (including phenoxy) is 2. The minimum Gasteiger partial charge on any atom is -0.487 e. The molecular weight excluding hydrogens is 366 g/mol. The third kappa shape index (κ3) is 3.90. The second kappa shape index (κ2) is 8.25. The summed E-state index contributed by atoms with van der Waals surface area (Å²) in [6, 6.07) is 8.79. The molecule has 1 amide bonds. The Hall–Kier alpha value is -1.63. The van der Waals surface area contributed by atoms with Gasteiger partial charge in [0.25, 0.3) is 0 Å². The summed E-state index contributed by atoms with van der Waals surface area (Å²) in [5, 5.41) is 3.43. The Labute approximate surface area is 173 Å². The number of nitrogens with one attached hydrogen (secondary N) is 1. The standard InChI is InChI=1S/C23H33N3O3/c27-22(26-11-5-18(6-12-26)25-13-15-28-16-14-25)20-17-23(7-9-24-10-8-23)29-21-4-2-1-3-19(20)21/h1-4,18,20,24H,5-17H2. The van der Waals surface area contributed by atoms with E-state index in [4.69, 9.17) is 9.47 Å². The van der Waals surface area contributed by atoms with E-state index in [0.717, 1.165) is 95.9 Å². The molecule has 4 aliphatic rings. The van der Waals surface area contributed by atoms with Crippen molar-refractivity contribution in [2.75, 3.05) is 52.5 Å². The lowest BCUT2D eigenvalue weighted by Crippen LogP contribution is -2.53. The second-order valence-electron chi connectivity index (χ2n) is 9.03. The molecule has 0 aromatic heterocycles. The highest BCUT2D eigenvalue weighted by Crippen LogP contribution is 2.45. The van der Waals surface area contributed by atoms with Crippen LogP contribution in [0.1, 0.15) is 43.6 Å². The summed E-state index contributed by atoms with van der Waals surface area (Å²) in [5.74, 6) is 1.15. The minimum absolute atomic E-state index is 0.0713. The number of amides is 1. The molecule has 0 bridgehead atoms. The highest BCUT2D eigenvalue weighted by Gasteiger charge is 2.45. The van der Waals surface area contributed by atoms with Gasteiger partial charge in [-0.15, -0.1) is 0 Å². The Balaban J connectivity index is 1.30. The summed E-state index contributed by atoms with van der Waals surface area (Å²) in [6.45, 7) is 7.42. The summed E-state index contributed by atoms with van der Waals surface area (Å²) in [4.78, 5) is 18.3. The normalized spacial score (nSPS) is 28.0. The first-order valence-electron chi connectivity index (χ1n) is 11.3. The van der Waals surface area contributed by atoms with Gasteiger partial charge in [-0.2, -0.15) is 0 Å². The molecule has 158 valence electrons. The Morgan fingerprint density at radius 1 is 1.03 bits per heavy atom. The number of fused-ring (bicyclic) bond motifs is 1. The van der Waals surface area contributed by atoms with Crippen LogP contribution in [0.2, 0.25) is 0 Å². The lowest BCUT2D eigenvalue weighted by Gasteiger charge is -2.46. The van der Waals surface area contributed by atoms with E-state index < -0.39 is 0 Å². The highest BCUT2D eigenvalue weighted by atomic mass is 16.5. The summed E-state index contributed by atoms with van der Waals surface area (Å²) < 4.78 is 12.0. The smallest absolute Gasteiger partial charge is 0.230 e. The molecule has 1 atom stereocenters. The number of para-hydroxylation sites is 1. The molecule has 3 fully saturated rings. The Kier molecular flexibility index (Phi) is 5.50. The van der Waals surface area contributed by atoms with Crippen molar-refractivity contribution in [1.29, 1.82) is 0 Å². The summed E-state index contributed by atoms with van der Waals surface area (Å²) in [5.41, 5.74) is 0.892. The van der Waals surface area contributed by atoms with E-state index in [1.807, 2.05) is 18.2 Å². The fourth-order valence-electron chi connectivity index (χ4n) is 5.64. The first-order valence-corrected chi connectivity index (χ1v) is 11.3. The van der Waals surface area contributed by atoms with Crippen LogP contribution < -0.4 is 10.1 Å². The van der Waals surface area contributed by atoms with Crippen molar-refractivity contribution < 1.29 is 14.3 Å². The quantitative estimate of drug-likeness (QED) is 0.824. The largest absolute Gasteiger partial charge is 0.487 e. The van der Waals surface area contributed by atoms with Gasteiger partial charge in [-0.3, -0.25) is 9.69 Å². The molecule has 4 aliphatic heterocycles. The second-order valence-corrected chi connectivity index (χ2v) is 9.03. The third-order valence-electron chi connectivity index (χ3n) is 7.35. The van der Waals surface area contributed by atoms with Gasteiger partial charge < -0.3 is 19.7 Å². The molecule has 1 aromatic carbocycles. The number of hydrogen-bond donors (Lipinski definition) is 1. The first-order chi connectivity index (χ1) is 14.2. The van der Waals surface area contributed by atoms with Crippen LogP contribution in [0.5, 0.6) is 5.75 Å². The molecule has 29 heavy (non-hydrogen) atoms. The SMILES string of the molecule is O=C(C1CC2(CCNCC2)Oc2ccccc21)N1CCC(N2CCOCC2)CC1. The lowest BCUT2D eigenvalue weighted by atomic mass is 9.77. The maximum atomic E-state index is 13.6. The fraction of sp³-hybridized carbons (Fsp3) is 0.696. The van der Waals surface area contributed by atoms with Gasteiger partial charge in [-0.05, 0) is 44.8 Å². The average Bonchev–Trinajstić information content (AvgIpc) is 2.79. The van der Waals surface area contributed by atoms with Gasteiger partial charge in [0.15, 0.2) is 0 Å². The van der Waals surface area contributed by atoms with Gasteiger partial charge in [0, 0.05) is 44.2 Å². The van der Waals surface area contributed by atoms with Crippen LogP contribution >= 0.6 is 0 Å². The van der Waals surface area contributed by atoms with Crippen molar-refractivity contribution in [3.63, 3.8) is 0 Å². The fourth-order valence-corrected chi connectivity index (χ4v) is 5.64. The molecule has 1 spiro atoms. The van der Waals surface area contributed by atoms with Crippen LogP contribution in [0.3, 0.4) is 0 Å². The average molecular weight is 400 g/mol. The number of hydrogen-bond acceptors (Lipinski definition) is 5. The molecule has 1 N–H and O–H groups in total. The lowest BCUT2D eigenvalue weighted by molar-refractivity contribution is -0.137. The Bertz CT molecular complexity index is 720.